The maximum absolute atomic E-state index is 12.0. The minimum atomic E-state index is -0.137. The lowest BCUT2D eigenvalue weighted by atomic mass is 10.2. The van der Waals surface area contributed by atoms with E-state index in [-0.39, 0.29) is 5.91 Å². The van der Waals surface area contributed by atoms with Crippen molar-refractivity contribution in [2.24, 2.45) is 0 Å². The molecule has 1 N–H and O–H groups in total. The van der Waals surface area contributed by atoms with Crippen molar-refractivity contribution in [2.45, 2.75) is 20.5 Å². The highest BCUT2D eigenvalue weighted by Gasteiger charge is 2.23. The zero-order valence-corrected chi connectivity index (χ0v) is 19.7. The molecule has 4 nitrogen and oxygen atoms in total. The van der Waals surface area contributed by atoms with Gasteiger partial charge in [0.1, 0.15) is 16.7 Å². The molecule has 0 saturated carbocycles. The van der Waals surface area contributed by atoms with Crippen molar-refractivity contribution >= 4 is 56.2 Å². The molecular weight excluding hydrogens is 480 g/mol. The van der Waals surface area contributed by atoms with Crippen LogP contribution in [0.5, 0.6) is 5.75 Å². The number of ether oxygens (including phenoxy) is 1. The third-order valence-corrected chi connectivity index (χ3v) is 6.50. The van der Waals surface area contributed by atoms with Gasteiger partial charge in [0.2, 0.25) is 0 Å². The highest BCUT2D eigenvalue weighted by Crippen LogP contribution is 2.29. The van der Waals surface area contributed by atoms with Crippen molar-refractivity contribution in [3.8, 4) is 11.4 Å². The SMILES string of the molecule is Cc1cc(/C=C2\SC(=S)NC2=O)c(C)n1-c1ccc(OCc2ccc(Br)cc2)cc1. The number of benzene rings is 2. The van der Waals surface area contributed by atoms with Crippen LogP contribution in [0.1, 0.15) is 22.5 Å². The highest BCUT2D eigenvalue weighted by atomic mass is 79.9. The Labute approximate surface area is 193 Å². The molecule has 0 aliphatic carbocycles. The molecule has 2 aromatic carbocycles. The predicted molar refractivity (Wildman–Crippen MR) is 130 cm³/mol. The molecule has 0 unspecified atom stereocenters. The number of aryl methyl sites for hydroxylation is 1. The van der Waals surface area contributed by atoms with E-state index in [9.17, 15) is 4.79 Å². The summed E-state index contributed by atoms with van der Waals surface area (Å²) >= 11 is 9.81. The summed E-state index contributed by atoms with van der Waals surface area (Å²) in [4.78, 5) is 12.6. The molecule has 1 fully saturated rings. The Morgan fingerprint density at radius 1 is 1.13 bits per heavy atom. The van der Waals surface area contributed by atoms with Crippen LogP contribution < -0.4 is 10.1 Å². The lowest BCUT2D eigenvalue weighted by Gasteiger charge is -2.11. The van der Waals surface area contributed by atoms with Gasteiger partial charge in [0.05, 0.1) is 4.91 Å². The third kappa shape index (κ3) is 4.53. The van der Waals surface area contributed by atoms with Crippen molar-refractivity contribution < 1.29 is 9.53 Å². The van der Waals surface area contributed by atoms with E-state index in [2.05, 4.69) is 38.8 Å². The van der Waals surface area contributed by atoms with Crippen molar-refractivity contribution in [1.29, 1.82) is 0 Å². The average Bonchev–Trinajstić information content (AvgIpc) is 3.19. The van der Waals surface area contributed by atoms with Crippen LogP contribution in [0.2, 0.25) is 0 Å². The average molecular weight is 499 g/mol. The lowest BCUT2D eigenvalue weighted by molar-refractivity contribution is -0.115. The van der Waals surface area contributed by atoms with Gasteiger partial charge in [0.25, 0.3) is 5.91 Å². The first-order valence-corrected chi connectivity index (χ1v) is 11.3. The smallest absolute Gasteiger partial charge is 0.263 e. The first-order chi connectivity index (χ1) is 14.4. The number of nitrogens with zero attached hydrogens (tertiary/aromatic N) is 1. The summed E-state index contributed by atoms with van der Waals surface area (Å²) in [5, 5.41) is 2.66. The van der Waals surface area contributed by atoms with Gasteiger partial charge in [-0.15, -0.1) is 0 Å². The number of rotatable bonds is 5. The Balaban J connectivity index is 1.52. The number of carbonyl (C=O) groups is 1. The van der Waals surface area contributed by atoms with Gasteiger partial charge in [-0.3, -0.25) is 4.79 Å². The zero-order valence-electron chi connectivity index (χ0n) is 16.4. The van der Waals surface area contributed by atoms with E-state index in [1.165, 1.54) is 11.8 Å². The summed E-state index contributed by atoms with van der Waals surface area (Å²) < 4.78 is 9.63. The Kier molecular flexibility index (Phi) is 6.13. The largest absolute Gasteiger partial charge is 0.489 e. The summed E-state index contributed by atoms with van der Waals surface area (Å²) in [7, 11) is 0. The minimum Gasteiger partial charge on any atom is -0.489 e. The molecule has 7 heteroatoms. The van der Waals surface area contributed by atoms with E-state index in [0.29, 0.717) is 15.8 Å². The fourth-order valence-corrected chi connectivity index (χ4v) is 4.63. The van der Waals surface area contributed by atoms with Crippen molar-refractivity contribution in [3.63, 3.8) is 0 Å². The molecule has 1 amide bonds. The molecule has 4 rings (SSSR count). The standard InChI is InChI=1S/C23H19BrN2O2S2/c1-14-11-17(12-21-22(27)25-23(29)30-21)15(2)26(14)19-7-9-20(10-8-19)28-13-16-3-5-18(24)6-4-16/h3-12H,13H2,1-2H3,(H,25,27,29)/b21-12-. The van der Waals surface area contributed by atoms with Gasteiger partial charge in [0.15, 0.2) is 0 Å². The normalized spacial score (nSPS) is 15.0. The molecule has 30 heavy (non-hydrogen) atoms. The third-order valence-electron chi connectivity index (χ3n) is 4.81. The summed E-state index contributed by atoms with van der Waals surface area (Å²) in [5.41, 5.74) is 5.32. The maximum Gasteiger partial charge on any atom is 0.263 e. The van der Waals surface area contributed by atoms with E-state index in [1.807, 2.05) is 61.5 Å². The zero-order chi connectivity index (χ0) is 21.3. The molecule has 152 valence electrons. The number of aromatic nitrogens is 1. The van der Waals surface area contributed by atoms with Gasteiger partial charge in [-0.1, -0.05) is 52.0 Å². The molecule has 0 spiro atoms. The summed E-state index contributed by atoms with van der Waals surface area (Å²) in [6.45, 7) is 4.63. The second kappa shape index (κ2) is 8.79. The Morgan fingerprint density at radius 3 is 2.47 bits per heavy atom. The Hall–Kier alpha value is -2.35. The molecule has 0 bridgehead atoms. The molecule has 1 aliphatic heterocycles. The first-order valence-electron chi connectivity index (χ1n) is 9.32. The van der Waals surface area contributed by atoms with Gasteiger partial charge in [-0.2, -0.15) is 0 Å². The minimum absolute atomic E-state index is 0.137. The number of amides is 1. The van der Waals surface area contributed by atoms with Gasteiger partial charge >= 0.3 is 0 Å². The molecule has 1 saturated heterocycles. The van der Waals surface area contributed by atoms with Crippen molar-refractivity contribution in [2.75, 3.05) is 0 Å². The lowest BCUT2D eigenvalue weighted by Crippen LogP contribution is -2.17. The number of hydrogen-bond acceptors (Lipinski definition) is 4. The number of hydrogen-bond donors (Lipinski definition) is 1. The van der Waals surface area contributed by atoms with Crippen molar-refractivity contribution in [3.05, 3.63) is 86.5 Å². The van der Waals surface area contributed by atoms with Gasteiger partial charge in [-0.05, 0) is 73.5 Å². The summed E-state index contributed by atoms with van der Waals surface area (Å²) in [5.74, 6) is 0.682. The number of halogens is 1. The van der Waals surface area contributed by atoms with E-state index >= 15 is 0 Å². The molecular formula is C23H19BrN2O2S2. The van der Waals surface area contributed by atoms with E-state index in [4.69, 9.17) is 17.0 Å². The van der Waals surface area contributed by atoms with Crippen LogP contribution in [0.4, 0.5) is 0 Å². The number of thioether (sulfide) groups is 1. The van der Waals surface area contributed by atoms with Gasteiger partial charge < -0.3 is 14.6 Å². The van der Waals surface area contributed by atoms with Crippen LogP contribution in [-0.2, 0) is 11.4 Å². The fourth-order valence-electron chi connectivity index (χ4n) is 3.33. The molecule has 0 atom stereocenters. The monoisotopic (exact) mass is 498 g/mol. The summed E-state index contributed by atoms with van der Waals surface area (Å²) in [6, 6.07) is 18.2. The van der Waals surface area contributed by atoms with Crippen molar-refractivity contribution in [1.82, 2.24) is 9.88 Å². The van der Waals surface area contributed by atoms with E-state index in [0.717, 1.165) is 38.4 Å². The van der Waals surface area contributed by atoms with E-state index in [1.54, 1.807) is 0 Å². The quantitative estimate of drug-likeness (QED) is 0.350. The molecule has 2 heterocycles. The first kappa shape index (κ1) is 20.9. The second-order valence-electron chi connectivity index (χ2n) is 6.92. The van der Waals surface area contributed by atoms with Crippen LogP contribution in [0.3, 0.4) is 0 Å². The van der Waals surface area contributed by atoms with Crippen LogP contribution >= 0.6 is 39.9 Å². The Morgan fingerprint density at radius 2 is 1.83 bits per heavy atom. The Bertz CT molecular complexity index is 1150. The molecule has 0 radical (unpaired) electrons. The second-order valence-corrected chi connectivity index (χ2v) is 9.56. The van der Waals surface area contributed by atoms with Crippen LogP contribution in [-0.4, -0.2) is 14.8 Å². The van der Waals surface area contributed by atoms with Crippen LogP contribution in [0, 0.1) is 13.8 Å². The van der Waals surface area contributed by atoms with Gasteiger partial charge in [-0.25, -0.2) is 0 Å². The van der Waals surface area contributed by atoms with Crippen LogP contribution in [0.15, 0.2) is 64.0 Å². The van der Waals surface area contributed by atoms with Gasteiger partial charge in [0, 0.05) is 21.5 Å². The molecule has 1 aromatic heterocycles. The van der Waals surface area contributed by atoms with Crippen LogP contribution in [0.25, 0.3) is 11.8 Å². The van der Waals surface area contributed by atoms with E-state index < -0.39 is 0 Å². The molecule has 1 aliphatic rings. The number of carbonyl (C=O) groups excluding carboxylic acids is 1. The highest BCUT2D eigenvalue weighted by molar-refractivity contribution is 9.10. The summed E-state index contributed by atoms with van der Waals surface area (Å²) in [6.07, 6.45) is 1.90. The maximum atomic E-state index is 12.0. The number of nitrogens with one attached hydrogen (secondary N) is 1. The topological polar surface area (TPSA) is 43.3 Å². The fraction of sp³-hybridized carbons (Fsp3) is 0.130. The number of thiocarbonyl (C=S) groups is 1. The predicted octanol–water partition coefficient (Wildman–Crippen LogP) is 5.92. The molecule has 3 aromatic rings.